The molecule has 1 aliphatic heterocycles. The Morgan fingerprint density at radius 3 is 2.46 bits per heavy atom. The molecule has 0 aromatic heterocycles. The first-order valence-corrected chi connectivity index (χ1v) is 8.46. The first kappa shape index (κ1) is 17.4. The molecule has 1 aromatic rings. The van der Waals surface area contributed by atoms with Gasteiger partial charge in [0.2, 0.25) is 0 Å². The van der Waals surface area contributed by atoms with Gasteiger partial charge in [-0.3, -0.25) is 31.1 Å². The molecule has 1 heterocycles. The molecule has 13 heteroatoms. The third-order valence-corrected chi connectivity index (χ3v) is 5.04. The number of carbonyl (C=O) groups excluding carboxylic acids is 1. The number of non-ortho nitro benzene ring substituents is 1. The average molecular weight is 359 g/mol. The maximum absolute atomic E-state index is 11.7. The van der Waals surface area contributed by atoms with Crippen LogP contribution in [0.2, 0.25) is 0 Å². The highest BCUT2D eigenvalue weighted by molar-refractivity contribution is 7.91. The van der Waals surface area contributed by atoms with Crippen LogP contribution in [-0.2, 0) is 9.84 Å². The summed E-state index contributed by atoms with van der Waals surface area (Å²) in [6.45, 7) is 0. The summed E-state index contributed by atoms with van der Waals surface area (Å²) < 4.78 is 22.6. The minimum absolute atomic E-state index is 0.0147. The van der Waals surface area contributed by atoms with E-state index < -0.39 is 43.1 Å². The monoisotopic (exact) mass is 359 g/mol. The van der Waals surface area contributed by atoms with Crippen LogP contribution in [0.3, 0.4) is 0 Å². The molecule has 1 saturated heterocycles. The van der Waals surface area contributed by atoms with Crippen LogP contribution in [0.1, 0.15) is 6.42 Å². The van der Waals surface area contributed by atoms with E-state index in [0.29, 0.717) is 0 Å². The SMILES string of the molecule is O=C(NNc1ccc([N+](=O)[O-])cc1[N+](=O)[O-])NC1CCS(=O)(=O)C1. The van der Waals surface area contributed by atoms with E-state index in [9.17, 15) is 33.4 Å². The van der Waals surface area contributed by atoms with Gasteiger partial charge >= 0.3 is 11.7 Å². The fourth-order valence-electron chi connectivity index (χ4n) is 2.14. The minimum Gasteiger partial charge on any atom is -0.333 e. The molecule has 1 fully saturated rings. The van der Waals surface area contributed by atoms with Gasteiger partial charge in [-0.05, 0) is 12.5 Å². The summed E-state index contributed by atoms with van der Waals surface area (Å²) in [7, 11) is -3.16. The second-order valence-corrected chi connectivity index (χ2v) is 7.27. The zero-order valence-electron chi connectivity index (χ0n) is 12.1. The van der Waals surface area contributed by atoms with Crippen molar-refractivity contribution in [3.63, 3.8) is 0 Å². The van der Waals surface area contributed by atoms with Crippen LogP contribution < -0.4 is 16.2 Å². The molecule has 0 bridgehead atoms. The van der Waals surface area contributed by atoms with Gasteiger partial charge in [0.1, 0.15) is 5.69 Å². The van der Waals surface area contributed by atoms with Crippen molar-refractivity contribution in [2.24, 2.45) is 0 Å². The van der Waals surface area contributed by atoms with E-state index in [-0.39, 0.29) is 23.6 Å². The number of sulfone groups is 1. The molecule has 0 spiro atoms. The van der Waals surface area contributed by atoms with E-state index in [2.05, 4.69) is 16.2 Å². The number of rotatable bonds is 5. The second-order valence-electron chi connectivity index (χ2n) is 5.04. The third kappa shape index (κ3) is 4.28. The fraction of sp³-hybridized carbons (Fsp3) is 0.364. The van der Waals surface area contributed by atoms with Crippen molar-refractivity contribution in [3.8, 4) is 0 Å². The van der Waals surface area contributed by atoms with Gasteiger partial charge in [-0.2, -0.15) is 0 Å². The smallest absolute Gasteiger partial charge is 0.333 e. The number of carbonyl (C=O) groups is 1. The molecule has 0 aliphatic carbocycles. The lowest BCUT2D eigenvalue weighted by atomic mass is 10.2. The van der Waals surface area contributed by atoms with Gasteiger partial charge in [0, 0.05) is 12.1 Å². The number of hydrogen-bond acceptors (Lipinski definition) is 8. The number of hydrogen-bond donors (Lipinski definition) is 3. The zero-order valence-corrected chi connectivity index (χ0v) is 12.9. The second kappa shape index (κ2) is 6.66. The van der Waals surface area contributed by atoms with E-state index in [1.807, 2.05) is 0 Å². The summed E-state index contributed by atoms with van der Waals surface area (Å²) in [5, 5.41) is 24.0. The topological polar surface area (TPSA) is 174 Å². The number of hydrazine groups is 1. The molecule has 0 radical (unpaired) electrons. The van der Waals surface area contributed by atoms with Crippen LogP contribution in [0.4, 0.5) is 21.9 Å². The van der Waals surface area contributed by atoms with Crippen LogP contribution in [0.5, 0.6) is 0 Å². The van der Waals surface area contributed by atoms with Crippen LogP contribution >= 0.6 is 0 Å². The van der Waals surface area contributed by atoms with Crippen molar-refractivity contribution in [1.82, 2.24) is 10.7 Å². The largest absolute Gasteiger partial charge is 0.333 e. The summed E-state index contributed by atoms with van der Waals surface area (Å²) in [5.41, 5.74) is 3.20. The first-order valence-electron chi connectivity index (χ1n) is 6.64. The maximum Gasteiger partial charge on any atom is 0.333 e. The van der Waals surface area contributed by atoms with Gasteiger partial charge in [0.05, 0.1) is 27.4 Å². The molecule has 3 N–H and O–H groups in total. The molecule has 0 saturated carbocycles. The van der Waals surface area contributed by atoms with Crippen molar-refractivity contribution >= 4 is 32.9 Å². The van der Waals surface area contributed by atoms with Crippen LogP contribution in [0.25, 0.3) is 0 Å². The normalized spacial score (nSPS) is 18.6. The number of urea groups is 1. The Kier molecular flexibility index (Phi) is 4.82. The van der Waals surface area contributed by atoms with Gasteiger partial charge in [-0.1, -0.05) is 0 Å². The van der Waals surface area contributed by atoms with Gasteiger partial charge in [-0.25, -0.2) is 13.2 Å². The van der Waals surface area contributed by atoms with Crippen LogP contribution in [0, 0.1) is 20.2 Å². The summed E-state index contributed by atoms with van der Waals surface area (Å²) in [5.74, 6) is -0.183. The minimum atomic E-state index is -3.16. The Hall–Kier alpha value is -2.96. The molecule has 1 aromatic carbocycles. The number of nitrogens with one attached hydrogen (secondary N) is 3. The third-order valence-electron chi connectivity index (χ3n) is 3.27. The van der Waals surface area contributed by atoms with Crippen LogP contribution in [0.15, 0.2) is 18.2 Å². The molecular formula is C11H13N5O7S. The number of anilines is 1. The number of nitro groups is 2. The lowest BCUT2D eigenvalue weighted by Gasteiger charge is -2.13. The fourth-order valence-corrected chi connectivity index (χ4v) is 3.82. The molecular weight excluding hydrogens is 346 g/mol. The highest BCUT2D eigenvalue weighted by atomic mass is 32.2. The van der Waals surface area contributed by atoms with Crippen molar-refractivity contribution < 1.29 is 23.1 Å². The standard InChI is InChI=1S/C11H13N5O7S/c17-11(12-7-3-4-24(22,23)6-7)14-13-9-2-1-8(15(18)19)5-10(9)16(20)21/h1-2,5,7,13H,3-4,6H2,(H2,12,14,17). The van der Waals surface area contributed by atoms with Crippen molar-refractivity contribution in [1.29, 1.82) is 0 Å². The van der Waals surface area contributed by atoms with Crippen LogP contribution in [-0.4, -0.2) is 41.8 Å². The molecule has 130 valence electrons. The zero-order chi connectivity index (χ0) is 17.9. The van der Waals surface area contributed by atoms with Crippen molar-refractivity contribution in [3.05, 3.63) is 38.4 Å². The average Bonchev–Trinajstić information content (AvgIpc) is 2.83. The molecule has 12 nitrogen and oxygen atoms in total. The molecule has 1 aliphatic rings. The maximum atomic E-state index is 11.7. The van der Waals surface area contributed by atoms with E-state index in [0.717, 1.165) is 18.2 Å². The van der Waals surface area contributed by atoms with Gasteiger partial charge in [0.25, 0.3) is 5.69 Å². The number of nitro benzene ring substituents is 2. The number of benzene rings is 1. The Labute approximate surface area is 135 Å². The Morgan fingerprint density at radius 2 is 1.92 bits per heavy atom. The van der Waals surface area contributed by atoms with E-state index in [1.165, 1.54) is 0 Å². The highest BCUT2D eigenvalue weighted by Gasteiger charge is 2.29. The summed E-state index contributed by atoms with van der Waals surface area (Å²) in [6, 6.07) is 1.56. The van der Waals surface area contributed by atoms with Crippen molar-refractivity contribution in [2.45, 2.75) is 12.5 Å². The Morgan fingerprint density at radius 1 is 1.21 bits per heavy atom. The first-order chi connectivity index (χ1) is 11.2. The molecule has 2 amide bonds. The van der Waals surface area contributed by atoms with E-state index in [4.69, 9.17) is 0 Å². The van der Waals surface area contributed by atoms with E-state index >= 15 is 0 Å². The molecule has 1 atom stereocenters. The molecule has 24 heavy (non-hydrogen) atoms. The molecule has 1 unspecified atom stereocenters. The summed E-state index contributed by atoms with van der Waals surface area (Å²) in [4.78, 5) is 31.6. The predicted molar refractivity (Wildman–Crippen MR) is 82.1 cm³/mol. The van der Waals surface area contributed by atoms with Gasteiger partial charge < -0.3 is 5.32 Å². The quantitative estimate of drug-likeness (QED) is 0.497. The Balaban J connectivity index is 1.99. The number of nitrogens with zero attached hydrogens (tertiary/aromatic N) is 2. The Bertz CT molecular complexity index is 794. The van der Waals surface area contributed by atoms with E-state index in [1.54, 1.807) is 0 Å². The van der Waals surface area contributed by atoms with Gasteiger partial charge in [-0.15, -0.1) is 0 Å². The molecule has 2 rings (SSSR count). The summed E-state index contributed by atoms with van der Waals surface area (Å²) >= 11 is 0. The summed E-state index contributed by atoms with van der Waals surface area (Å²) in [6.07, 6.45) is 0.285. The lowest BCUT2D eigenvalue weighted by Crippen LogP contribution is -2.44. The predicted octanol–water partition coefficient (Wildman–Crippen LogP) is 0.316. The van der Waals surface area contributed by atoms with Crippen molar-refractivity contribution in [2.75, 3.05) is 16.9 Å². The van der Waals surface area contributed by atoms with Gasteiger partial charge in [0.15, 0.2) is 9.84 Å². The number of amides is 2. The highest BCUT2D eigenvalue weighted by Crippen LogP contribution is 2.28. The lowest BCUT2D eigenvalue weighted by molar-refractivity contribution is -0.393.